The molecule has 0 spiro atoms. The zero-order valence-electron chi connectivity index (χ0n) is 12.5. The van der Waals surface area contributed by atoms with E-state index < -0.39 is 0 Å². The Kier molecular flexibility index (Phi) is 6.56. The highest BCUT2D eigenvalue weighted by molar-refractivity contribution is 5.49. The second kappa shape index (κ2) is 8.69. The molecule has 0 atom stereocenters. The highest BCUT2D eigenvalue weighted by Crippen LogP contribution is 2.30. The van der Waals surface area contributed by atoms with Gasteiger partial charge in [-0.25, -0.2) is 0 Å². The van der Waals surface area contributed by atoms with Crippen molar-refractivity contribution >= 4 is 5.69 Å². The molecule has 0 aliphatic heterocycles. The van der Waals surface area contributed by atoms with E-state index in [9.17, 15) is 0 Å². The average Bonchev–Trinajstić information content (AvgIpc) is 3.31. The van der Waals surface area contributed by atoms with Gasteiger partial charge in [-0.1, -0.05) is 0 Å². The average molecular weight is 296 g/mol. The molecule has 0 radical (unpaired) electrons. The van der Waals surface area contributed by atoms with Crippen LogP contribution in [0.1, 0.15) is 19.3 Å². The number of aromatic nitrogens is 1. The first-order chi connectivity index (χ1) is 10.3. The molecular formula is C15H24N2O4. The maximum atomic E-state index is 5.84. The summed E-state index contributed by atoms with van der Waals surface area (Å²) in [6.45, 7) is 3.04. The van der Waals surface area contributed by atoms with E-state index in [1.165, 1.54) is 12.8 Å². The van der Waals surface area contributed by atoms with E-state index in [2.05, 4.69) is 4.98 Å². The van der Waals surface area contributed by atoms with Gasteiger partial charge >= 0.3 is 0 Å². The molecule has 1 aliphatic carbocycles. The number of rotatable bonds is 11. The lowest BCUT2D eigenvalue weighted by Gasteiger charge is -2.10. The number of ether oxygens (including phenoxy) is 4. The van der Waals surface area contributed by atoms with Crippen molar-refractivity contribution in [3.8, 4) is 11.8 Å². The summed E-state index contributed by atoms with van der Waals surface area (Å²) >= 11 is 0. The molecule has 1 aliphatic rings. The molecule has 2 rings (SSSR count). The van der Waals surface area contributed by atoms with Gasteiger partial charge in [0.2, 0.25) is 11.8 Å². The largest absolute Gasteiger partial charge is 0.476 e. The van der Waals surface area contributed by atoms with Gasteiger partial charge in [-0.05, 0) is 31.2 Å². The Morgan fingerprint density at radius 3 is 2.76 bits per heavy atom. The second-order valence-corrected chi connectivity index (χ2v) is 5.11. The van der Waals surface area contributed by atoms with Crippen molar-refractivity contribution in [3.05, 3.63) is 12.1 Å². The SMILES string of the molecule is COCCCOCCOc1ccc(N)c(OCC2CC2)n1. The fourth-order valence-corrected chi connectivity index (χ4v) is 1.72. The van der Waals surface area contributed by atoms with Crippen molar-refractivity contribution < 1.29 is 18.9 Å². The van der Waals surface area contributed by atoms with E-state index in [4.69, 9.17) is 24.7 Å². The molecular weight excluding hydrogens is 272 g/mol. The fourth-order valence-electron chi connectivity index (χ4n) is 1.72. The quantitative estimate of drug-likeness (QED) is 0.628. The summed E-state index contributed by atoms with van der Waals surface area (Å²) in [4.78, 5) is 4.27. The minimum atomic E-state index is 0.450. The summed E-state index contributed by atoms with van der Waals surface area (Å²) in [7, 11) is 1.68. The Bertz CT molecular complexity index is 424. The summed E-state index contributed by atoms with van der Waals surface area (Å²) in [6, 6.07) is 3.49. The number of nitrogens with two attached hydrogens (primary N) is 1. The Labute approximate surface area is 125 Å². The van der Waals surface area contributed by atoms with E-state index in [-0.39, 0.29) is 0 Å². The molecule has 2 N–H and O–H groups in total. The second-order valence-electron chi connectivity index (χ2n) is 5.11. The third kappa shape index (κ3) is 6.18. The van der Waals surface area contributed by atoms with Crippen LogP contribution < -0.4 is 15.2 Å². The van der Waals surface area contributed by atoms with E-state index in [1.807, 2.05) is 0 Å². The van der Waals surface area contributed by atoms with Crippen LogP contribution in [0.15, 0.2) is 12.1 Å². The van der Waals surface area contributed by atoms with E-state index >= 15 is 0 Å². The van der Waals surface area contributed by atoms with Gasteiger partial charge in [-0.2, -0.15) is 4.98 Å². The Morgan fingerprint density at radius 1 is 1.14 bits per heavy atom. The van der Waals surface area contributed by atoms with Crippen molar-refractivity contribution in [1.82, 2.24) is 4.98 Å². The number of hydrogen-bond donors (Lipinski definition) is 1. The molecule has 0 saturated heterocycles. The fraction of sp³-hybridized carbons (Fsp3) is 0.667. The molecule has 1 fully saturated rings. The maximum Gasteiger partial charge on any atom is 0.240 e. The van der Waals surface area contributed by atoms with Gasteiger partial charge in [0.15, 0.2) is 0 Å². The number of pyridine rings is 1. The molecule has 0 aromatic carbocycles. The normalized spacial score (nSPS) is 14.1. The lowest BCUT2D eigenvalue weighted by atomic mass is 10.4. The van der Waals surface area contributed by atoms with Crippen LogP contribution in [0.25, 0.3) is 0 Å². The number of nitrogens with zero attached hydrogens (tertiary/aromatic N) is 1. The van der Waals surface area contributed by atoms with Crippen molar-refractivity contribution in [2.24, 2.45) is 5.92 Å². The van der Waals surface area contributed by atoms with Crippen LogP contribution >= 0.6 is 0 Å². The number of anilines is 1. The molecule has 1 saturated carbocycles. The topological polar surface area (TPSA) is 75.8 Å². The summed E-state index contributed by atoms with van der Waals surface area (Å²) in [5.74, 6) is 1.63. The first kappa shape index (κ1) is 15.9. The van der Waals surface area contributed by atoms with Crippen LogP contribution in [0.4, 0.5) is 5.69 Å². The molecule has 1 heterocycles. The maximum absolute atomic E-state index is 5.84. The van der Waals surface area contributed by atoms with E-state index in [1.54, 1.807) is 19.2 Å². The van der Waals surface area contributed by atoms with Crippen molar-refractivity contribution in [2.45, 2.75) is 19.3 Å². The zero-order valence-corrected chi connectivity index (χ0v) is 12.5. The first-order valence-corrected chi connectivity index (χ1v) is 7.38. The Balaban J connectivity index is 1.66. The lowest BCUT2D eigenvalue weighted by Crippen LogP contribution is -2.10. The summed E-state index contributed by atoms with van der Waals surface area (Å²) in [5, 5.41) is 0. The minimum Gasteiger partial charge on any atom is -0.476 e. The predicted octanol–water partition coefficient (Wildman–Crippen LogP) is 1.88. The van der Waals surface area contributed by atoms with Crippen LogP contribution in [0.2, 0.25) is 0 Å². The highest BCUT2D eigenvalue weighted by Gasteiger charge is 2.22. The van der Waals surface area contributed by atoms with Gasteiger partial charge in [-0.3, -0.25) is 0 Å². The monoisotopic (exact) mass is 296 g/mol. The Hall–Kier alpha value is -1.53. The summed E-state index contributed by atoms with van der Waals surface area (Å²) < 4.78 is 21.5. The summed E-state index contributed by atoms with van der Waals surface area (Å²) in [5.41, 5.74) is 6.38. The number of hydrogen-bond acceptors (Lipinski definition) is 6. The van der Waals surface area contributed by atoms with Gasteiger partial charge in [0.1, 0.15) is 6.61 Å². The van der Waals surface area contributed by atoms with Gasteiger partial charge in [0.05, 0.1) is 18.9 Å². The van der Waals surface area contributed by atoms with Crippen LogP contribution in [0, 0.1) is 5.92 Å². The number of methoxy groups -OCH3 is 1. The minimum absolute atomic E-state index is 0.450. The highest BCUT2D eigenvalue weighted by atomic mass is 16.5. The van der Waals surface area contributed by atoms with Crippen LogP contribution in [0.3, 0.4) is 0 Å². The zero-order chi connectivity index (χ0) is 14.9. The molecule has 0 unspecified atom stereocenters. The third-order valence-electron chi connectivity index (χ3n) is 3.13. The lowest BCUT2D eigenvalue weighted by molar-refractivity contribution is 0.0793. The van der Waals surface area contributed by atoms with Crippen LogP contribution in [0.5, 0.6) is 11.8 Å². The molecule has 0 amide bonds. The van der Waals surface area contributed by atoms with Crippen LogP contribution in [-0.4, -0.2) is 45.1 Å². The molecule has 1 aromatic heterocycles. The van der Waals surface area contributed by atoms with E-state index in [0.717, 1.165) is 6.42 Å². The third-order valence-corrected chi connectivity index (χ3v) is 3.13. The Morgan fingerprint density at radius 2 is 2.00 bits per heavy atom. The molecule has 0 bridgehead atoms. The molecule has 118 valence electrons. The molecule has 6 nitrogen and oxygen atoms in total. The van der Waals surface area contributed by atoms with Crippen molar-refractivity contribution in [3.63, 3.8) is 0 Å². The van der Waals surface area contributed by atoms with Crippen molar-refractivity contribution in [1.29, 1.82) is 0 Å². The van der Waals surface area contributed by atoms with Gasteiger partial charge in [-0.15, -0.1) is 0 Å². The predicted molar refractivity (Wildman–Crippen MR) is 79.7 cm³/mol. The number of nitrogen functional groups attached to an aromatic ring is 1. The molecule has 6 heteroatoms. The van der Waals surface area contributed by atoms with Crippen molar-refractivity contribution in [2.75, 3.05) is 45.9 Å². The van der Waals surface area contributed by atoms with Gasteiger partial charge in [0.25, 0.3) is 0 Å². The first-order valence-electron chi connectivity index (χ1n) is 7.38. The van der Waals surface area contributed by atoms with Crippen LogP contribution in [-0.2, 0) is 9.47 Å². The van der Waals surface area contributed by atoms with Gasteiger partial charge < -0.3 is 24.7 Å². The standard InChI is InChI=1S/C15H24N2O4/c1-18-7-2-8-19-9-10-20-14-6-5-13(16)15(17-14)21-11-12-3-4-12/h5-6,12H,2-4,7-11,16H2,1H3. The molecule has 1 aromatic rings. The summed E-state index contributed by atoms with van der Waals surface area (Å²) in [6.07, 6.45) is 3.35. The van der Waals surface area contributed by atoms with Gasteiger partial charge in [0, 0.05) is 26.4 Å². The smallest absolute Gasteiger partial charge is 0.240 e. The molecule has 21 heavy (non-hydrogen) atoms. The van der Waals surface area contributed by atoms with E-state index in [0.29, 0.717) is 56.4 Å².